The number of carbonyl (C=O) groups is 1. The first-order valence-electron chi connectivity index (χ1n) is 8.90. The van der Waals surface area contributed by atoms with E-state index in [1.807, 2.05) is 0 Å². The number of morpholine rings is 1. The first-order chi connectivity index (χ1) is 13.8. The molecule has 0 bridgehead atoms. The number of nitrogens with zero attached hydrogens (tertiary/aromatic N) is 2. The van der Waals surface area contributed by atoms with Gasteiger partial charge >= 0.3 is 0 Å². The lowest BCUT2D eigenvalue weighted by Crippen LogP contribution is -2.40. The molecule has 3 aromatic rings. The van der Waals surface area contributed by atoms with Crippen molar-refractivity contribution in [2.24, 2.45) is 0 Å². The van der Waals surface area contributed by atoms with E-state index in [-0.39, 0.29) is 16.5 Å². The molecule has 1 amide bonds. The summed E-state index contributed by atoms with van der Waals surface area (Å²) in [5.74, 6) is -0.319. The van der Waals surface area contributed by atoms with Crippen LogP contribution in [0.15, 0.2) is 45.8 Å². The van der Waals surface area contributed by atoms with Crippen LogP contribution in [0.3, 0.4) is 0 Å². The summed E-state index contributed by atoms with van der Waals surface area (Å²) in [6.07, 6.45) is 0. The maximum absolute atomic E-state index is 12.9. The molecule has 0 radical (unpaired) electrons. The van der Waals surface area contributed by atoms with Crippen LogP contribution in [0.2, 0.25) is 5.02 Å². The molecule has 2 aromatic carbocycles. The first-order valence-corrected chi connectivity index (χ1v) is 10.8. The number of anilines is 1. The molecule has 4 rings (SSSR count). The van der Waals surface area contributed by atoms with Gasteiger partial charge in [0.2, 0.25) is 0 Å². The summed E-state index contributed by atoms with van der Waals surface area (Å²) < 4.78 is 38.8. The number of sulfonamides is 1. The average Bonchev–Trinajstić information content (AvgIpc) is 3.14. The molecule has 29 heavy (non-hydrogen) atoms. The van der Waals surface area contributed by atoms with Crippen molar-refractivity contribution in [2.45, 2.75) is 11.8 Å². The fourth-order valence-corrected chi connectivity index (χ4v) is 4.38. The van der Waals surface area contributed by atoms with Crippen molar-refractivity contribution >= 4 is 44.2 Å². The Morgan fingerprint density at radius 2 is 1.93 bits per heavy atom. The van der Waals surface area contributed by atoms with Gasteiger partial charge in [0.25, 0.3) is 15.9 Å². The Labute approximate surface area is 172 Å². The second-order valence-electron chi connectivity index (χ2n) is 6.66. The Morgan fingerprint density at radius 1 is 1.17 bits per heavy atom. The summed E-state index contributed by atoms with van der Waals surface area (Å²) in [4.78, 5) is 14.4. The normalized spacial score (nSPS) is 14.9. The number of amides is 1. The van der Waals surface area contributed by atoms with E-state index in [2.05, 4.69) is 9.88 Å². The molecule has 1 aliphatic heterocycles. The van der Waals surface area contributed by atoms with Gasteiger partial charge in [-0.3, -0.25) is 9.52 Å². The number of benzene rings is 2. The van der Waals surface area contributed by atoms with E-state index < -0.39 is 10.0 Å². The van der Waals surface area contributed by atoms with Crippen LogP contribution >= 0.6 is 11.6 Å². The van der Waals surface area contributed by atoms with Crippen molar-refractivity contribution in [3.63, 3.8) is 0 Å². The van der Waals surface area contributed by atoms with Crippen molar-refractivity contribution in [2.75, 3.05) is 31.0 Å². The molecule has 1 aliphatic rings. The van der Waals surface area contributed by atoms with Crippen LogP contribution in [0.4, 0.5) is 5.69 Å². The first kappa shape index (κ1) is 19.7. The van der Waals surface area contributed by atoms with E-state index >= 15 is 0 Å². The molecule has 1 saturated heterocycles. The van der Waals surface area contributed by atoms with E-state index in [4.69, 9.17) is 20.9 Å². The summed E-state index contributed by atoms with van der Waals surface area (Å²) in [6.45, 7) is 3.56. The average molecular weight is 436 g/mol. The summed E-state index contributed by atoms with van der Waals surface area (Å²) in [7, 11) is -3.91. The standard InChI is InChI=1S/C19H18ClN3O5S/c1-12-2-3-13(20)10-16(12)22-29(25,26)14-4-5-17-15(11-14)18(21-28-17)19(24)23-6-8-27-9-7-23/h2-5,10-11,22H,6-9H2,1H3. The lowest BCUT2D eigenvalue weighted by Gasteiger charge is -2.25. The van der Waals surface area contributed by atoms with Gasteiger partial charge in [0.15, 0.2) is 11.3 Å². The molecule has 0 spiro atoms. The van der Waals surface area contributed by atoms with E-state index in [1.165, 1.54) is 18.2 Å². The van der Waals surface area contributed by atoms with Gasteiger partial charge in [0.1, 0.15) is 0 Å². The lowest BCUT2D eigenvalue weighted by atomic mass is 10.2. The van der Waals surface area contributed by atoms with Crippen LogP contribution in [-0.4, -0.2) is 50.7 Å². The van der Waals surface area contributed by atoms with Crippen molar-refractivity contribution < 1.29 is 22.5 Å². The van der Waals surface area contributed by atoms with Gasteiger partial charge in [-0.15, -0.1) is 0 Å². The zero-order valence-corrected chi connectivity index (χ0v) is 17.1. The zero-order chi connectivity index (χ0) is 20.6. The number of ether oxygens (including phenoxy) is 1. The SMILES string of the molecule is Cc1ccc(Cl)cc1NS(=O)(=O)c1ccc2onc(C(=O)N3CCOCC3)c2c1. The zero-order valence-electron chi connectivity index (χ0n) is 15.5. The second-order valence-corrected chi connectivity index (χ2v) is 8.78. The third-order valence-corrected chi connectivity index (χ3v) is 6.29. The van der Waals surface area contributed by atoms with Crippen LogP contribution < -0.4 is 4.72 Å². The number of aryl methyl sites for hydroxylation is 1. The minimum Gasteiger partial charge on any atom is -0.378 e. The van der Waals surface area contributed by atoms with Crippen LogP contribution in [0.1, 0.15) is 16.1 Å². The lowest BCUT2D eigenvalue weighted by molar-refractivity contribution is 0.0297. The van der Waals surface area contributed by atoms with Gasteiger partial charge in [-0.05, 0) is 42.8 Å². The number of halogens is 1. The quantitative estimate of drug-likeness (QED) is 0.675. The maximum Gasteiger partial charge on any atom is 0.276 e. The largest absolute Gasteiger partial charge is 0.378 e. The van der Waals surface area contributed by atoms with Gasteiger partial charge in [-0.25, -0.2) is 8.42 Å². The molecular formula is C19H18ClN3O5S. The highest BCUT2D eigenvalue weighted by molar-refractivity contribution is 7.92. The van der Waals surface area contributed by atoms with Crippen molar-refractivity contribution in [3.05, 3.63) is 52.7 Å². The van der Waals surface area contributed by atoms with Crippen LogP contribution in [-0.2, 0) is 14.8 Å². The van der Waals surface area contributed by atoms with Gasteiger partial charge in [-0.1, -0.05) is 22.8 Å². The smallest absolute Gasteiger partial charge is 0.276 e. The Hall–Kier alpha value is -2.62. The monoisotopic (exact) mass is 435 g/mol. The Kier molecular flexibility index (Phi) is 5.20. The minimum atomic E-state index is -3.91. The fraction of sp³-hybridized carbons (Fsp3) is 0.263. The highest BCUT2D eigenvalue weighted by Gasteiger charge is 2.25. The van der Waals surface area contributed by atoms with E-state index in [9.17, 15) is 13.2 Å². The van der Waals surface area contributed by atoms with E-state index in [1.54, 1.807) is 30.0 Å². The van der Waals surface area contributed by atoms with Crippen LogP contribution in [0.25, 0.3) is 11.0 Å². The van der Waals surface area contributed by atoms with Crippen LogP contribution in [0.5, 0.6) is 0 Å². The molecular weight excluding hydrogens is 418 g/mol. The summed E-state index contributed by atoms with van der Waals surface area (Å²) in [6, 6.07) is 9.22. The van der Waals surface area contributed by atoms with Crippen molar-refractivity contribution in [1.29, 1.82) is 0 Å². The molecule has 1 fully saturated rings. The molecule has 0 aliphatic carbocycles. The number of rotatable bonds is 4. The number of fused-ring (bicyclic) bond motifs is 1. The highest BCUT2D eigenvalue weighted by Crippen LogP contribution is 2.27. The summed E-state index contributed by atoms with van der Waals surface area (Å²) >= 11 is 5.98. The number of nitrogens with one attached hydrogen (secondary N) is 1. The molecule has 0 unspecified atom stereocenters. The number of hydrogen-bond acceptors (Lipinski definition) is 6. The van der Waals surface area contributed by atoms with Crippen molar-refractivity contribution in [3.8, 4) is 0 Å². The molecule has 8 nitrogen and oxygen atoms in total. The topological polar surface area (TPSA) is 102 Å². The van der Waals surface area contributed by atoms with Crippen molar-refractivity contribution in [1.82, 2.24) is 10.1 Å². The number of aromatic nitrogens is 1. The predicted molar refractivity (Wildman–Crippen MR) is 108 cm³/mol. The third kappa shape index (κ3) is 3.93. The Balaban J connectivity index is 1.69. The van der Waals surface area contributed by atoms with Gasteiger partial charge < -0.3 is 14.2 Å². The Bertz CT molecular complexity index is 1190. The minimum absolute atomic E-state index is 0.0106. The van der Waals surface area contributed by atoms with Gasteiger partial charge in [0, 0.05) is 18.1 Å². The molecule has 2 heterocycles. The van der Waals surface area contributed by atoms with E-state index in [0.29, 0.717) is 48.0 Å². The Morgan fingerprint density at radius 3 is 2.69 bits per heavy atom. The summed E-state index contributed by atoms with van der Waals surface area (Å²) in [5, 5.41) is 4.62. The molecule has 152 valence electrons. The van der Waals surface area contributed by atoms with E-state index in [0.717, 1.165) is 5.56 Å². The van der Waals surface area contributed by atoms with Gasteiger partial charge in [-0.2, -0.15) is 0 Å². The summed E-state index contributed by atoms with van der Waals surface area (Å²) in [5.41, 5.74) is 1.53. The molecule has 10 heteroatoms. The maximum atomic E-state index is 12.9. The molecule has 0 atom stereocenters. The third-order valence-electron chi connectivity index (χ3n) is 4.70. The molecule has 1 N–H and O–H groups in total. The number of hydrogen-bond donors (Lipinski definition) is 1. The predicted octanol–water partition coefficient (Wildman–Crippen LogP) is 3.06. The fourth-order valence-electron chi connectivity index (χ4n) is 3.06. The highest BCUT2D eigenvalue weighted by atomic mass is 35.5. The van der Waals surface area contributed by atoms with Crippen LogP contribution in [0, 0.1) is 6.92 Å². The van der Waals surface area contributed by atoms with Gasteiger partial charge in [0.05, 0.1) is 29.2 Å². The number of carbonyl (C=O) groups excluding carboxylic acids is 1. The molecule has 1 aromatic heterocycles. The second kappa shape index (κ2) is 7.66. The molecule has 0 saturated carbocycles.